The fraction of sp³-hybridized carbons (Fsp3) is 0.600. The largest absolute Gasteiger partial charge is 0.494 e. The summed E-state index contributed by atoms with van der Waals surface area (Å²) in [6, 6.07) is 1.67. The lowest BCUT2D eigenvalue weighted by atomic mass is 9.77. The first-order valence-electron chi connectivity index (χ1n) is 10.0. The lowest BCUT2D eigenvalue weighted by Gasteiger charge is -2.37. The Labute approximate surface area is 170 Å². The van der Waals surface area contributed by atoms with Crippen LogP contribution in [-0.4, -0.2) is 76.6 Å². The van der Waals surface area contributed by atoms with Crippen LogP contribution in [0, 0.1) is 11.8 Å². The average Bonchev–Trinajstić information content (AvgIpc) is 3.40. The number of ether oxygens (including phenoxy) is 2. The summed E-state index contributed by atoms with van der Waals surface area (Å²) in [5, 5.41) is 10.9. The molecule has 2 aliphatic rings. The van der Waals surface area contributed by atoms with Crippen molar-refractivity contribution in [2.24, 2.45) is 11.8 Å². The fourth-order valence-electron chi connectivity index (χ4n) is 4.68. The molecule has 1 aliphatic carbocycles. The Hall–Kier alpha value is -2.52. The summed E-state index contributed by atoms with van der Waals surface area (Å²) in [6.07, 6.45) is 8.57. The van der Waals surface area contributed by atoms with E-state index in [-0.39, 0.29) is 18.1 Å². The van der Waals surface area contributed by atoms with Gasteiger partial charge < -0.3 is 24.3 Å². The maximum Gasteiger partial charge on any atom is 0.255 e. The third kappa shape index (κ3) is 4.40. The van der Waals surface area contributed by atoms with Crippen molar-refractivity contribution >= 4 is 5.91 Å². The predicted molar refractivity (Wildman–Crippen MR) is 106 cm³/mol. The number of carbonyl (C=O) groups excluding carboxylic acids is 1. The third-order valence-corrected chi connectivity index (χ3v) is 6.20. The monoisotopic (exact) mass is 400 g/mol. The minimum Gasteiger partial charge on any atom is -0.494 e. The van der Waals surface area contributed by atoms with Crippen molar-refractivity contribution in [3.8, 4) is 5.75 Å². The van der Waals surface area contributed by atoms with E-state index < -0.39 is 0 Å². The van der Waals surface area contributed by atoms with E-state index in [4.69, 9.17) is 9.47 Å². The van der Waals surface area contributed by atoms with E-state index in [1.807, 2.05) is 4.57 Å². The van der Waals surface area contributed by atoms with E-state index in [0.29, 0.717) is 23.1 Å². The van der Waals surface area contributed by atoms with Gasteiger partial charge in [-0.05, 0) is 30.7 Å². The van der Waals surface area contributed by atoms with Crippen molar-refractivity contribution in [1.82, 2.24) is 30.0 Å². The van der Waals surface area contributed by atoms with Gasteiger partial charge in [0.2, 0.25) is 0 Å². The minimum absolute atomic E-state index is 0.00980. The molecule has 1 saturated heterocycles. The van der Waals surface area contributed by atoms with Crippen LogP contribution >= 0.6 is 0 Å². The molecule has 0 aromatic carbocycles. The molecule has 2 aromatic heterocycles. The van der Waals surface area contributed by atoms with Gasteiger partial charge in [-0.15, -0.1) is 10.2 Å². The van der Waals surface area contributed by atoms with Crippen LogP contribution in [0.15, 0.2) is 31.1 Å². The smallest absolute Gasteiger partial charge is 0.255 e. The second kappa shape index (κ2) is 8.87. The van der Waals surface area contributed by atoms with Gasteiger partial charge in [-0.3, -0.25) is 9.78 Å². The van der Waals surface area contributed by atoms with E-state index in [1.54, 1.807) is 45.3 Å². The number of nitrogens with one attached hydrogen (secondary N) is 1. The molecule has 3 heterocycles. The molecule has 1 N–H and O–H groups in total. The summed E-state index contributed by atoms with van der Waals surface area (Å²) in [4.78, 5) is 19.4. The van der Waals surface area contributed by atoms with Crippen LogP contribution in [0.1, 0.15) is 23.2 Å². The SMILES string of the molecule is COc1cnccc1C(=O)N[C@H]1C[C@H]2CN(CCn3cnnc3)C[C@H]2C[C@@H]1OC. The Morgan fingerprint density at radius 1 is 1.17 bits per heavy atom. The molecule has 0 bridgehead atoms. The zero-order valence-electron chi connectivity index (χ0n) is 16.9. The van der Waals surface area contributed by atoms with Crippen molar-refractivity contribution in [3.05, 3.63) is 36.7 Å². The number of fused-ring (bicyclic) bond motifs is 1. The van der Waals surface area contributed by atoms with Crippen LogP contribution in [-0.2, 0) is 11.3 Å². The van der Waals surface area contributed by atoms with Gasteiger partial charge >= 0.3 is 0 Å². The van der Waals surface area contributed by atoms with E-state index in [9.17, 15) is 4.79 Å². The summed E-state index contributed by atoms with van der Waals surface area (Å²) in [7, 11) is 3.28. The summed E-state index contributed by atoms with van der Waals surface area (Å²) in [5.74, 6) is 1.50. The van der Waals surface area contributed by atoms with Gasteiger partial charge in [0, 0.05) is 39.5 Å². The van der Waals surface area contributed by atoms with Crippen LogP contribution in [0.4, 0.5) is 0 Å². The quantitative estimate of drug-likeness (QED) is 0.736. The molecule has 9 nitrogen and oxygen atoms in total. The first kappa shape index (κ1) is 19.8. The van der Waals surface area contributed by atoms with Gasteiger partial charge in [-0.25, -0.2) is 0 Å². The number of hydrogen-bond donors (Lipinski definition) is 1. The van der Waals surface area contributed by atoms with Gasteiger partial charge in [-0.1, -0.05) is 0 Å². The molecule has 4 rings (SSSR count). The van der Waals surface area contributed by atoms with Crippen LogP contribution < -0.4 is 10.1 Å². The standard InChI is InChI=1S/C20H28N6O3/c1-28-18-8-15-11-25(5-6-26-12-22-23-13-26)10-14(15)7-17(18)24-20(27)16-3-4-21-9-19(16)29-2/h3-4,9,12-15,17-18H,5-8,10-11H2,1-2H3,(H,24,27)/t14-,15+,17-,18-/m0/s1. The molecular formula is C20H28N6O3. The molecule has 29 heavy (non-hydrogen) atoms. The highest BCUT2D eigenvalue weighted by molar-refractivity contribution is 5.96. The first-order valence-corrected chi connectivity index (χ1v) is 10.0. The van der Waals surface area contributed by atoms with Crippen molar-refractivity contribution in [2.45, 2.75) is 31.5 Å². The maximum absolute atomic E-state index is 12.8. The first-order chi connectivity index (χ1) is 14.2. The molecule has 0 unspecified atom stereocenters. The summed E-state index contributed by atoms with van der Waals surface area (Å²) in [6.45, 7) is 4.00. The van der Waals surface area contributed by atoms with Gasteiger partial charge in [0.25, 0.3) is 5.91 Å². The van der Waals surface area contributed by atoms with Crippen molar-refractivity contribution < 1.29 is 14.3 Å². The second-order valence-corrected chi connectivity index (χ2v) is 7.88. The number of carbonyl (C=O) groups is 1. The minimum atomic E-state index is -0.141. The predicted octanol–water partition coefficient (Wildman–Crippen LogP) is 0.837. The molecule has 1 amide bonds. The average molecular weight is 400 g/mol. The zero-order chi connectivity index (χ0) is 20.2. The molecule has 9 heteroatoms. The second-order valence-electron chi connectivity index (χ2n) is 7.88. The topological polar surface area (TPSA) is 94.4 Å². The maximum atomic E-state index is 12.8. The highest BCUT2D eigenvalue weighted by atomic mass is 16.5. The van der Waals surface area contributed by atoms with Crippen molar-refractivity contribution in [2.75, 3.05) is 33.9 Å². The Morgan fingerprint density at radius 3 is 2.66 bits per heavy atom. The highest BCUT2D eigenvalue weighted by Gasteiger charge is 2.42. The number of nitrogens with zero attached hydrogens (tertiary/aromatic N) is 5. The summed E-state index contributed by atoms with van der Waals surface area (Å²) in [5.41, 5.74) is 0.501. The number of amides is 1. The third-order valence-electron chi connectivity index (χ3n) is 6.20. The number of likely N-dealkylation sites (tertiary alicyclic amines) is 1. The van der Waals surface area contributed by atoms with Crippen LogP contribution in [0.5, 0.6) is 5.75 Å². The van der Waals surface area contributed by atoms with Crippen LogP contribution in [0.25, 0.3) is 0 Å². The molecule has 0 radical (unpaired) electrons. The van der Waals surface area contributed by atoms with E-state index in [2.05, 4.69) is 25.4 Å². The van der Waals surface area contributed by atoms with Gasteiger partial charge in [0.05, 0.1) is 31.0 Å². The molecule has 4 atom stereocenters. The molecule has 2 fully saturated rings. The summed E-state index contributed by atoms with van der Waals surface area (Å²) >= 11 is 0. The molecule has 0 spiro atoms. The summed E-state index contributed by atoms with van der Waals surface area (Å²) < 4.78 is 13.0. The fourth-order valence-corrected chi connectivity index (χ4v) is 4.68. The Kier molecular flexibility index (Phi) is 6.05. The molecule has 1 aliphatic heterocycles. The van der Waals surface area contributed by atoms with E-state index >= 15 is 0 Å². The molecule has 2 aromatic rings. The molecular weight excluding hydrogens is 372 g/mol. The van der Waals surface area contributed by atoms with Crippen molar-refractivity contribution in [3.63, 3.8) is 0 Å². The Bertz CT molecular complexity index is 814. The molecule has 156 valence electrons. The molecule has 1 saturated carbocycles. The van der Waals surface area contributed by atoms with E-state index in [1.165, 1.54) is 0 Å². The number of pyridine rings is 1. The Morgan fingerprint density at radius 2 is 1.93 bits per heavy atom. The van der Waals surface area contributed by atoms with Gasteiger partial charge in [0.1, 0.15) is 18.4 Å². The highest BCUT2D eigenvalue weighted by Crippen LogP contribution is 2.37. The number of methoxy groups -OCH3 is 2. The van der Waals surface area contributed by atoms with Crippen LogP contribution in [0.3, 0.4) is 0 Å². The van der Waals surface area contributed by atoms with Gasteiger partial charge in [-0.2, -0.15) is 0 Å². The number of hydrogen-bond acceptors (Lipinski definition) is 7. The number of aromatic nitrogens is 4. The van der Waals surface area contributed by atoms with Gasteiger partial charge in [0.15, 0.2) is 0 Å². The number of rotatable bonds is 7. The Balaban J connectivity index is 1.37. The van der Waals surface area contributed by atoms with Crippen molar-refractivity contribution in [1.29, 1.82) is 0 Å². The lowest BCUT2D eigenvalue weighted by Crippen LogP contribution is -2.50. The van der Waals surface area contributed by atoms with E-state index in [0.717, 1.165) is 39.0 Å². The van der Waals surface area contributed by atoms with Crippen LogP contribution in [0.2, 0.25) is 0 Å². The normalized spacial score (nSPS) is 26.8. The lowest BCUT2D eigenvalue weighted by molar-refractivity contribution is 0.0124. The zero-order valence-corrected chi connectivity index (χ0v) is 16.9.